The Morgan fingerprint density at radius 3 is 2.05 bits per heavy atom. The number of rotatable bonds is 11. The minimum atomic E-state index is -0.241. The van der Waals surface area contributed by atoms with Crippen LogP contribution in [0.3, 0.4) is 0 Å². The molecule has 0 aliphatic carbocycles. The molecule has 2 rings (SSSR count). The Kier molecular flexibility index (Phi) is 12.4. The summed E-state index contributed by atoms with van der Waals surface area (Å²) in [6, 6.07) is 3.94. The fraction of sp³-hybridized carbons (Fsp3) is 0.516. The summed E-state index contributed by atoms with van der Waals surface area (Å²) in [5.41, 5.74) is 2.07. The molecule has 38 heavy (non-hydrogen) atoms. The normalized spacial score (nSPS) is 11.1. The molecule has 0 aliphatic heterocycles. The largest absolute Gasteiger partial charge is 0.507 e. The van der Waals surface area contributed by atoms with Gasteiger partial charge in [-0.25, -0.2) is 0 Å². The summed E-state index contributed by atoms with van der Waals surface area (Å²) in [7, 11) is 0. The molecule has 0 amide bonds. The van der Waals surface area contributed by atoms with Crippen molar-refractivity contribution in [2.45, 2.75) is 108 Å². The van der Waals surface area contributed by atoms with E-state index in [0.717, 1.165) is 29.0 Å². The van der Waals surface area contributed by atoms with Gasteiger partial charge in [0.05, 0.1) is 0 Å². The van der Waals surface area contributed by atoms with Crippen LogP contribution >= 0.6 is 23.5 Å². The fourth-order valence-electron chi connectivity index (χ4n) is 3.69. The van der Waals surface area contributed by atoms with E-state index in [0.29, 0.717) is 22.0 Å². The summed E-state index contributed by atoms with van der Waals surface area (Å²) in [6.45, 7) is 14.8. The topological polar surface area (TPSA) is 70.9 Å². The lowest BCUT2D eigenvalue weighted by atomic mass is 9.79. The van der Waals surface area contributed by atoms with Crippen LogP contribution in [0.4, 0.5) is 11.6 Å². The molecule has 1 heterocycles. The van der Waals surface area contributed by atoms with Gasteiger partial charge in [0.2, 0.25) is 11.1 Å². The number of aromatic hydroxyl groups is 1. The Morgan fingerprint density at radius 1 is 0.842 bits per heavy atom. The van der Waals surface area contributed by atoms with E-state index in [1.54, 1.807) is 11.8 Å². The van der Waals surface area contributed by atoms with Gasteiger partial charge < -0.3 is 10.4 Å². The first-order valence-electron chi connectivity index (χ1n) is 13.1. The van der Waals surface area contributed by atoms with Gasteiger partial charge >= 0.3 is 0 Å². The molecule has 0 bridgehead atoms. The number of aromatic nitrogens is 3. The standard InChI is InChI=1S/C31H40N4OS2/c1-9-11-13-15-16-18-20-38-29-34-27(33-28(35-29)37-19-17-14-12-10-2)32-23-21-24(30(3,4)5)26(36)25(22-23)31(6,7)8/h2,21-22,36H,9,11,13,15-16,18,20H2,1,3-8H3,(H,32,33,34,35). The second kappa shape index (κ2) is 15.0. The third-order valence-electron chi connectivity index (χ3n) is 5.70. The van der Waals surface area contributed by atoms with Gasteiger partial charge in [0, 0.05) is 34.3 Å². The molecule has 0 saturated heterocycles. The second-order valence-electron chi connectivity index (χ2n) is 11.1. The van der Waals surface area contributed by atoms with Crippen LogP contribution in [0, 0.1) is 35.4 Å². The number of benzene rings is 1. The summed E-state index contributed by atoms with van der Waals surface area (Å²) < 4.78 is 0. The summed E-state index contributed by atoms with van der Waals surface area (Å²) in [4.78, 5) is 13.9. The quantitative estimate of drug-likeness (QED) is 0.127. The van der Waals surface area contributed by atoms with E-state index in [1.807, 2.05) is 12.1 Å². The zero-order valence-electron chi connectivity index (χ0n) is 23.8. The highest BCUT2D eigenvalue weighted by Gasteiger charge is 2.26. The van der Waals surface area contributed by atoms with Crippen molar-refractivity contribution in [2.24, 2.45) is 0 Å². The van der Waals surface area contributed by atoms with Crippen LogP contribution < -0.4 is 5.32 Å². The van der Waals surface area contributed by atoms with E-state index < -0.39 is 0 Å². The predicted molar refractivity (Wildman–Crippen MR) is 163 cm³/mol. The zero-order valence-corrected chi connectivity index (χ0v) is 25.4. The van der Waals surface area contributed by atoms with Crippen LogP contribution in [0.25, 0.3) is 0 Å². The minimum absolute atomic E-state index is 0.241. The lowest BCUT2D eigenvalue weighted by molar-refractivity contribution is 0.423. The first-order valence-corrected chi connectivity index (χ1v) is 14.9. The van der Waals surface area contributed by atoms with Crippen molar-refractivity contribution in [3.05, 3.63) is 23.3 Å². The molecule has 5 nitrogen and oxygen atoms in total. The number of phenols is 1. The van der Waals surface area contributed by atoms with Gasteiger partial charge in [-0.1, -0.05) is 92.3 Å². The van der Waals surface area contributed by atoms with Gasteiger partial charge in [-0.05, 0) is 58.3 Å². The van der Waals surface area contributed by atoms with Crippen molar-refractivity contribution in [3.63, 3.8) is 0 Å². The Morgan fingerprint density at radius 2 is 1.45 bits per heavy atom. The fourth-order valence-corrected chi connectivity index (χ4v) is 5.04. The molecule has 0 radical (unpaired) electrons. The van der Waals surface area contributed by atoms with Crippen molar-refractivity contribution in [1.29, 1.82) is 0 Å². The zero-order chi connectivity index (χ0) is 28.2. The SMILES string of the molecule is C#CC#CC#CSc1nc(Nc2cc(C(C)(C)C)c(O)c(C(C)(C)C)c2)nc(SCCCCCCCC)n1. The first-order chi connectivity index (χ1) is 18.0. The van der Waals surface area contributed by atoms with E-state index in [4.69, 9.17) is 11.4 Å². The van der Waals surface area contributed by atoms with Gasteiger partial charge in [-0.3, -0.25) is 0 Å². The maximum Gasteiger partial charge on any atom is 0.232 e. The number of terminal acetylenes is 1. The highest BCUT2D eigenvalue weighted by Crippen LogP contribution is 2.41. The van der Waals surface area contributed by atoms with Crippen LogP contribution in [0.1, 0.15) is 98.1 Å². The number of nitrogens with zero attached hydrogens (tertiary/aromatic N) is 3. The van der Waals surface area contributed by atoms with Gasteiger partial charge in [0.15, 0.2) is 5.16 Å². The molecule has 1 aromatic carbocycles. The summed E-state index contributed by atoms with van der Waals surface area (Å²) in [6.07, 6.45) is 12.6. The van der Waals surface area contributed by atoms with Crippen LogP contribution in [-0.2, 0) is 10.8 Å². The molecule has 1 aromatic heterocycles. The second-order valence-corrected chi connectivity index (χ2v) is 12.9. The van der Waals surface area contributed by atoms with Gasteiger partial charge in [-0.2, -0.15) is 15.0 Å². The van der Waals surface area contributed by atoms with Crippen LogP contribution in [0.5, 0.6) is 5.75 Å². The molecule has 0 saturated carbocycles. The van der Waals surface area contributed by atoms with Crippen molar-refractivity contribution in [3.8, 4) is 41.1 Å². The molecule has 0 fully saturated rings. The van der Waals surface area contributed by atoms with Gasteiger partial charge in [0.1, 0.15) is 5.75 Å². The van der Waals surface area contributed by atoms with E-state index in [2.05, 4.69) is 92.7 Å². The molecule has 2 N–H and O–H groups in total. The van der Waals surface area contributed by atoms with Crippen LogP contribution in [0.15, 0.2) is 22.4 Å². The Bertz CT molecular complexity index is 1210. The van der Waals surface area contributed by atoms with Crippen molar-refractivity contribution in [2.75, 3.05) is 11.1 Å². The van der Waals surface area contributed by atoms with Gasteiger partial charge in [0.25, 0.3) is 0 Å². The van der Waals surface area contributed by atoms with Gasteiger partial charge in [-0.15, -0.1) is 6.42 Å². The summed E-state index contributed by atoms with van der Waals surface area (Å²) in [5.74, 6) is 11.8. The number of unbranched alkanes of at least 4 members (excludes halogenated alkanes) is 5. The molecule has 7 heteroatoms. The summed E-state index contributed by atoms with van der Waals surface area (Å²) >= 11 is 2.82. The van der Waals surface area contributed by atoms with Crippen LogP contribution in [-0.4, -0.2) is 25.8 Å². The number of hydrogen-bond donors (Lipinski definition) is 2. The molecule has 0 spiro atoms. The average molecular weight is 549 g/mol. The number of thioether (sulfide) groups is 2. The highest BCUT2D eigenvalue weighted by atomic mass is 32.2. The molecular weight excluding hydrogens is 509 g/mol. The van der Waals surface area contributed by atoms with E-state index >= 15 is 0 Å². The molecular formula is C31H40N4OS2. The van der Waals surface area contributed by atoms with E-state index in [9.17, 15) is 5.11 Å². The Labute approximate surface area is 238 Å². The molecule has 2 aromatic rings. The van der Waals surface area contributed by atoms with Crippen molar-refractivity contribution >= 4 is 35.2 Å². The Balaban J connectivity index is 2.35. The number of nitrogens with one attached hydrogen (secondary N) is 1. The highest BCUT2D eigenvalue weighted by molar-refractivity contribution is 8.03. The Hall–Kier alpha value is -2.79. The lowest BCUT2D eigenvalue weighted by Gasteiger charge is -2.28. The monoisotopic (exact) mass is 548 g/mol. The third-order valence-corrected chi connectivity index (χ3v) is 7.20. The molecule has 0 unspecified atom stereocenters. The smallest absolute Gasteiger partial charge is 0.232 e. The van der Waals surface area contributed by atoms with Crippen LogP contribution in [0.2, 0.25) is 0 Å². The third kappa shape index (κ3) is 10.5. The van der Waals surface area contributed by atoms with E-state index in [1.165, 1.54) is 43.9 Å². The minimum Gasteiger partial charge on any atom is -0.507 e. The number of anilines is 2. The van der Waals surface area contributed by atoms with Crippen molar-refractivity contribution in [1.82, 2.24) is 15.0 Å². The molecule has 0 atom stereocenters. The first kappa shape index (κ1) is 31.4. The molecule has 202 valence electrons. The summed E-state index contributed by atoms with van der Waals surface area (Å²) in [5, 5.41) is 18.5. The lowest BCUT2D eigenvalue weighted by Crippen LogP contribution is -2.18. The predicted octanol–water partition coefficient (Wildman–Crippen LogP) is 8.06. The molecule has 0 aliphatic rings. The maximum absolute atomic E-state index is 11.1. The van der Waals surface area contributed by atoms with Crippen molar-refractivity contribution < 1.29 is 5.11 Å². The average Bonchev–Trinajstić information content (AvgIpc) is 2.83. The number of hydrogen-bond acceptors (Lipinski definition) is 7. The number of phenolic OH excluding ortho intramolecular Hbond substituents is 1. The maximum atomic E-state index is 11.1. The van der Waals surface area contributed by atoms with E-state index in [-0.39, 0.29) is 10.8 Å².